The van der Waals surface area contributed by atoms with Crippen molar-refractivity contribution in [3.63, 3.8) is 0 Å². The first-order chi connectivity index (χ1) is 9.13. The lowest BCUT2D eigenvalue weighted by atomic mass is 9.84. The monoisotopic (exact) mass is 324 g/mol. The molecule has 19 heavy (non-hydrogen) atoms. The zero-order chi connectivity index (χ0) is 13.8. The van der Waals surface area contributed by atoms with Crippen LogP contribution in [0.25, 0.3) is 0 Å². The summed E-state index contributed by atoms with van der Waals surface area (Å²) >= 11 is 3.68. The van der Waals surface area contributed by atoms with Gasteiger partial charge in [-0.05, 0) is 43.9 Å². The summed E-state index contributed by atoms with van der Waals surface area (Å²) in [7, 11) is 2.22. The van der Waals surface area contributed by atoms with Crippen LogP contribution in [0.4, 0.5) is 0 Å². The van der Waals surface area contributed by atoms with Crippen molar-refractivity contribution in [3.8, 4) is 0 Å². The van der Waals surface area contributed by atoms with Gasteiger partial charge in [-0.2, -0.15) is 0 Å². The molecule has 0 saturated heterocycles. The molecule has 1 saturated carbocycles. The van der Waals surface area contributed by atoms with Crippen molar-refractivity contribution in [2.75, 3.05) is 13.6 Å². The molecule has 2 nitrogen and oxygen atoms in total. The van der Waals surface area contributed by atoms with Crippen molar-refractivity contribution in [2.45, 2.75) is 44.7 Å². The second kappa shape index (κ2) is 6.87. The predicted octanol–water partition coefficient (Wildman–Crippen LogP) is 3.96. The van der Waals surface area contributed by atoms with Gasteiger partial charge in [0.1, 0.15) is 0 Å². The summed E-state index contributed by atoms with van der Waals surface area (Å²) in [6.45, 7) is 3.34. The molecule has 1 aliphatic carbocycles. The van der Waals surface area contributed by atoms with Crippen LogP contribution >= 0.6 is 15.9 Å². The third-order valence-corrected chi connectivity index (χ3v) is 5.07. The van der Waals surface area contributed by atoms with Crippen LogP contribution in [-0.2, 0) is 0 Å². The molecule has 1 fully saturated rings. The fourth-order valence-corrected chi connectivity index (χ4v) is 3.45. The summed E-state index contributed by atoms with van der Waals surface area (Å²) in [5, 5.41) is 0. The van der Waals surface area contributed by atoms with Crippen molar-refractivity contribution in [1.29, 1.82) is 0 Å². The molecule has 2 unspecified atom stereocenters. The lowest BCUT2D eigenvalue weighted by Gasteiger charge is -2.38. The second-order valence-corrected chi connectivity index (χ2v) is 6.63. The maximum atomic E-state index is 6.39. The third kappa shape index (κ3) is 3.59. The van der Waals surface area contributed by atoms with Gasteiger partial charge < -0.3 is 5.73 Å². The molecule has 0 spiro atoms. The Kier molecular flexibility index (Phi) is 5.43. The van der Waals surface area contributed by atoms with Gasteiger partial charge in [-0.3, -0.25) is 4.90 Å². The number of nitrogens with two attached hydrogens (primary N) is 1. The first kappa shape index (κ1) is 15.0. The first-order valence-corrected chi connectivity index (χ1v) is 8.13. The van der Waals surface area contributed by atoms with Crippen molar-refractivity contribution in [3.05, 3.63) is 34.3 Å². The number of rotatable bonds is 6. The molecule has 0 bridgehead atoms. The SMILES string of the molecule is CCC(N)C(c1ccccc1Br)N(C)CC1CCC1. The summed E-state index contributed by atoms with van der Waals surface area (Å²) in [4.78, 5) is 2.46. The Balaban J connectivity index is 2.17. The zero-order valence-corrected chi connectivity index (χ0v) is 13.6. The van der Waals surface area contributed by atoms with E-state index in [9.17, 15) is 0 Å². The van der Waals surface area contributed by atoms with E-state index >= 15 is 0 Å². The van der Waals surface area contributed by atoms with E-state index in [4.69, 9.17) is 5.73 Å². The Hall–Kier alpha value is -0.380. The van der Waals surface area contributed by atoms with Crippen LogP contribution in [0.3, 0.4) is 0 Å². The predicted molar refractivity (Wildman–Crippen MR) is 85.1 cm³/mol. The highest BCUT2D eigenvalue weighted by molar-refractivity contribution is 9.10. The molecule has 1 aromatic carbocycles. The molecule has 2 N–H and O–H groups in total. The molecular formula is C16H25BrN2. The van der Waals surface area contributed by atoms with Gasteiger partial charge >= 0.3 is 0 Å². The molecule has 0 heterocycles. The number of likely N-dealkylation sites (N-methyl/N-ethyl adjacent to an activating group) is 1. The quantitative estimate of drug-likeness (QED) is 0.858. The van der Waals surface area contributed by atoms with Crippen molar-refractivity contribution in [2.24, 2.45) is 11.7 Å². The highest BCUT2D eigenvalue weighted by Gasteiger charge is 2.28. The summed E-state index contributed by atoms with van der Waals surface area (Å²) in [5.74, 6) is 0.874. The van der Waals surface area contributed by atoms with Gasteiger partial charge in [0, 0.05) is 17.1 Å². The Morgan fingerprint density at radius 1 is 1.37 bits per heavy atom. The molecule has 0 aromatic heterocycles. The van der Waals surface area contributed by atoms with E-state index in [0.717, 1.165) is 12.3 Å². The molecule has 0 amide bonds. The maximum absolute atomic E-state index is 6.39. The second-order valence-electron chi connectivity index (χ2n) is 5.77. The van der Waals surface area contributed by atoms with E-state index < -0.39 is 0 Å². The van der Waals surface area contributed by atoms with E-state index in [0.29, 0.717) is 6.04 Å². The van der Waals surface area contributed by atoms with E-state index in [-0.39, 0.29) is 6.04 Å². The van der Waals surface area contributed by atoms with Crippen molar-refractivity contribution >= 4 is 15.9 Å². The van der Waals surface area contributed by atoms with E-state index in [1.807, 2.05) is 0 Å². The van der Waals surface area contributed by atoms with E-state index in [1.165, 1.54) is 35.8 Å². The fraction of sp³-hybridized carbons (Fsp3) is 0.625. The molecule has 0 radical (unpaired) electrons. The van der Waals surface area contributed by atoms with E-state index in [2.05, 4.69) is 59.1 Å². The summed E-state index contributed by atoms with van der Waals surface area (Å²) in [5.41, 5.74) is 7.71. The Morgan fingerprint density at radius 3 is 2.58 bits per heavy atom. The minimum Gasteiger partial charge on any atom is -0.326 e. The van der Waals surface area contributed by atoms with Gasteiger partial charge in [-0.1, -0.05) is 47.5 Å². The van der Waals surface area contributed by atoms with Crippen LogP contribution in [0.15, 0.2) is 28.7 Å². The van der Waals surface area contributed by atoms with E-state index in [1.54, 1.807) is 0 Å². The Bertz CT molecular complexity index is 403. The smallest absolute Gasteiger partial charge is 0.0507 e. The summed E-state index contributed by atoms with van der Waals surface area (Å²) in [6, 6.07) is 8.97. The van der Waals surface area contributed by atoms with Crippen LogP contribution in [0.2, 0.25) is 0 Å². The fourth-order valence-electron chi connectivity index (χ4n) is 2.93. The maximum Gasteiger partial charge on any atom is 0.0507 e. The summed E-state index contributed by atoms with van der Waals surface area (Å²) in [6.07, 6.45) is 5.17. The third-order valence-electron chi connectivity index (χ3n) is 4.35. The summed E-state index contributed by atoms with van der Waals surface area (Å²) < 4.78 is 1.17. The molecule has 1 aromatic rings. The number of hydrogen-bond acceptors (Lipinski definition) is 2. The van der Waals surface area contributed by atoms with Crippen LogP contribution in [0.1, 0.15) is 44.2 Å². The van der Waals surface area contributed by atoms with Crippen LogP contribution in [0, 0.1) is 5.92 Å². The highest BCUT2D eigenvalue weighted by atomic mass is 79.9. The lowest BCUT2D eigenvalue weighted by Crippen LogP contribution is -2.42. The normalized spacial score (nSPS) is 19.2. The van der Waals surface area contributed by atoms with Gasteiger partial charge in [-0.25, -0.2) is 0 Å². The minimum atomic E-state index is 0.184. The zero-order valence-electron chi connectivity index (χ0n) is 12.0. The van der Waals surface area contributed by atoms with Crippen molar-refractivity contribution in [1.82, 2.24) is 4.90 Å². The number of nitrogens with zero attached hydrogens (tertiary/aromatic N) is 1. The van der Waals surface area contributed by atoms with Crippen LogP contribution in [0.5, 0.6) is 0 Å². The van der Waals surface area contributed by atoms with Gasteiger partial charge in [-0.15, -0.1) is 0 Å². The molecule has 2 rings (SSSR count). The Labute approximate surface area is 125 Å². The Morgan fingerprint density at radius 2 is 2.05 bits per heavy atom. The van der Waals surface area contributed by atoms with Gasteiger partial charge in [0.05, 0.1) is 6.04 Å². The van der Waals surface area contributed by atoms with Crippen molar-refractivity contribution < 1.29 is 0 Å². The molecule has 106 valence electrons. The minimum absolute atomic E-state index is 0.184. The standard InChI is InChI=1S/C16H25BrN2/c1-3-15(18)16(13-9-4-5-10-14(13)17)19(2)11-12-7-6-8-12/h4-5,9-10,12,15-16H,3,6-8,11,18H2,1-2H3. The average molecular weight is 325 g/mol. The molecule has 3 heteroatoms. The molecule has 0 aliphatic heterocycles. The number of halogens is 1. The number of hydrogen-bond donors (Lipinski definition) is 1. The molecule has 1 aliphatic rings. The first-order valence-electron chi connectivity index (χ1n) is 7.33. The number of benzene rings is 1. The average Bonchev–Trinajstić information content (AvgIpc) is 2.36. The topological polar surface area (TPSA) is 29.3 Å². The molecule has 2 atom stereocenters. The van der Waals surface area contributed by atoms with Gasteiger partial charge in [0.15, 0.2) is 0 Å². The highest BCUT2D eigenvalue weighted by Crippen LogP contribution is 2.33. The van der Waals surface area contributed by atoms with Gasteiger partial charge in [0.25, 0.3) is 0 Å². The molecular weight excluding hydrogens is 300 g/mol. The van der Waals surface area contributed by atoms with Gasteiger partial charge in [0.2, 0.25) is 0 Å². The van der Waals surface area contributed by atoms with Crippen LogP contribution in [-0.4, -0.2) is 24.5 Å². The largest absolute Gasteiger partial charge is 0.326 e. The lowest BCUT2D eigenvalue weighted by molar-refractivity contribution is 0.144. The van der Waals surface area contributed by atoms with Crippen LogP contribution < -0.4 is 5.73 Å².